The van der Waals surface area contributed by atoms with E-state index in [-0.39, 0.29) is 0 Å². The summed E-state index contributed by atoms with van der Waals surface area (Å²) in [6, 6.07) is 136. The predicted molar refractivity (Wildman–Crippen MR) is 392 cm³/mol. The molecule has 16 aromatic carbocycles. The van der Waals surface area contributed by atoms with Crippen LogP contribution < -0.4 is 19.6 Å². The van der Waals surface area contributed by atoms with Crippen LogP contribution in [0.5, 0.6) is 0 Å². The fourth-order valence-electron chi connectivity index (χ4n) is 13.2. The second-order valence-corrected chi connectivity index (χ2v) is 23.4. The Morgan fingerprint density at radius 3 is 0.489 bits per heavy atom. The molecule has 16 rings (SSSR count). The molecule has 0 radical (unpaired) electrons. The van der Waals surface area contributed by atoms with Crippen LogP contribution in [0.2, 0.25) is 0 Å². The van der Waals surface area contributed by atoms with Gasteiger partial charge in [0, 0.05) is 68.2 Å². The van der Waals surface area contributed by atoms with Crippen LogP contribution in [-0.2, 0) is 0 Å². The van der Waals surface area contributed by atoms with Gasteiger partial charge in [0.1, 0.15) is 0 Å². The average molecular weight is 1180 g/mol. The van der Waals surface area contributed by atoms with Crippen LogP contribution in [0.15, 0.2) is 376 Å². The quantitative estimate of drug-likeness (QED) is 0.0949. The van der Waals surface area contributed by atoms with Crippen LogP contribution in [-0.4, -0.2) is 0 Å². The maximum absolute atomic E-state index is 2.36. The molecular formula is C88H62N4. The zero-order chi connectivity index (χ0) is 61.2. The van der Waals surface area contributed by atoms with E-state index in [0.717, 1.165) is 79.4 Å². The molecule has 0 atom stereocenters. The summed E-state index contributed by atoms with van der Waals surface area (Å²) in [6.45, 7) is 0. The molecule has 0 heterocycles. The van der Waals surface area contributed by atoms with E-state index in [2.05, 4.69) is 396 Å². The third-order valence-corrected chi connectivity index (χ3v) is 17.7. The number of hydrogen-bond donors (Lipinski definition) is 0. The molecule has 0 bridgehead atoms. The van der Waals surface area contributed by atoms with Crippen molar-refractivity contribution in [3.63, 3.8) is 0 Å². The molecule has 92 heavy (non-hydrogen) atoms. The van der Waals surface area contributed by atoms with Crippen LogP contribution >= 0.6 is 0 Å². The normalized spacial score (nSPS) is 11.3. The molecule has 0 aromatic heterocycles. The lowest BCUT2D eigenvalue weighted by Crippen LogP contribution is -2.10. The first-order valence-electron chi connectivity index (χ1n) is 31.5. The Kier molecular flexibility index (Phi) is 14.6. The molecular weight excluding hydrogens is 1110 g/mol. The number of para-hydroxylation sites is 4. The molecule has 0 N–H and O–H groups in total. The second-order valence-electron chi connectivity index (χ2n) is 23.4. The smallest absolute Gasteiger partial charge is 0.0468 e. The van der Waals surface area contributed by atoms with E-state index in [1.165, 1.54) is 65.3 Å². The molecule has 434 valence electrons. The topological polar surface area (TPSA) is 13.0 Å². The molecule has 4 heteroatoms. The van der Waals surface area contributed by atoms with Crippen LogP contribution in [0.1, 0.15) is 0 Å². The third kappa shape index (κ3) is 10.8. The van der Waals surface area contributed by atoms with E-state index in [1.54, 1.807) is 0 Å². The second kappa shape index (κ2) is 24.4. The van der Waals surface area contributed by atoms with Crippen molar-refractivity contribution in [2.45, 2.75) is 0 Å². The molecule has 16 aromatic rings. The molecule has 0 saturated carbocycles. The fraction of sp³-hybridized carbons (Fsp3) is 0. The molecule has 0 saturated heterocycles. The van der Waals surface area contributed by atoms with Gasteiger partial charge in [-0.15, -0.1) is 0 Å². The maximum Gasteiger partial charge on any atom is 0.0468 e. The van der Waals surface area contributed by atoms with Gasteiger partial charge in [-0.1, -0.05) is 231 Å². The fourth-order valence-corrected chi connectivity index (χ4v) is 13.2. The Bertz CT molecular complexity index is 4890. The van der Waals surface area contributed by atoms with E-state index in [0.29, 0.717) is 0 Å². The van der Waals surface area contributed by atoms with Crippen molar-refractivity contribution in [2.24, 2.45) is 0 Å². The third-order valence-electron chi connectivity index (χ3n) is 17.7. The van der Waals surface area contributed by atoms with E-state index >= 15 is 0 Å². The highest BCUT2D eigenvalue weighted by Gasteiger charge is 2.20. The van der Waals surface area contributed by atoms with Gasteiger partial charge in [-0.25, -0.2) is 0 Å². The summed E-state index contributed by atoms with van der Waals surface area (Å²) in [7, 11) is 0. The van der Waals surface area contributed by atoms with Crippen molar-refractivity contribution in [3.05, 3.63) is 376 Å². The first kappa shape index (κ1) is 55.1. The Labute approximate surface area is 537 Å². The van der Waals surface area contributed by atoms with Gasteiger partial charge in [0.15, 0.2) is 0 Å². The molecule has 0 unspecified atom stereocenters. The van der Waals surface area contributed by atoms with Crippen molar-refractivity contribution in [3.8, 4) is 33.4 Å². The zero-order valence-electron chi connectivity index (χ0n) is 50.6. The highest BCUT2D eigenvalue weighted by molar-refractivity contribution is 6.11. The van der Waals surface area contributed by atoms with E-state index in [1.807, 2.05) is 0 Å². The molecule has 0 spiro atoms. The van der Waals surface area contributed by atoms with Gasteiger partial charge >= 0.3 is 0 Å². The molecule has 0 amide bonds. The lowest BCUT2D eigenvalue weighted by Gasteiger charge is -2.27. The maximum atomic E-state index is 2.36. The highest BCUT2D eigenvalue weighted by Crippen LogP contribution is 2.44. The van der Waals surface area contributed by atoms with Crippen molar-refractivity contribution in [2.75, 3.05) is 19.6 Å². The number of anilines is 12. The van der Waals surface area contributed by atoms with Gasteiger partial charge in [0.2, 0.25) is 0 Å². The summed E-state index contributed by atoms with van der Waals surface area (Å²) < 4.78 is 0. The van der Waals surface area contributed by atoms with Gasteiger partial charge in [-0.3, -0.25) is 0 Å². The number of fused-ring (bicyclic) bond motifs is 6. The van der Waals surface area contributed by atoms with Crippen molar-refractivity contribution in [1.29, 1.82) is 0 Å². The van der Waals surface area contributed by atoms with Gasteiger partial charge in [0.25, 0.3) is 0 Å². The standard InChI is InChI=1S/C88H62N4/c1-7-19-63(20-8-1)65-35-43-77(44-36-65)89(73-23-11-3-12-24-73)81-51-55-85-69(59-81)31-33-71-61-83(53-57-87(71)85)91(75-27-15-5-16-28-75)79-47-39-67(40-48-79)68-41-49-80(50-42-68)92(76-29-17-6-18-30-76)84-54-58-88-72(62-84)34-32-70-60-82(52-56-86(70)88)90(74-25-13-4-14-26-74)78-45-37-66(38-46-78)64-21-9-2-10-22-64/h1-62H. The minimum atomic E-state index is 1.08. The molecule has 0 fully saturated rings. The minimum Gasteiger partial charge on any atom is -0.310 e. The molecule has 0 aliphatic carbocycles. The van der Waals surface area contributed by atoms with Crippen LogP contribution in [0.4, 0.5) is 68.2 Å². The lowest BCUT2D eigenvalue weighted by molar-refractivity contribution is 1.28. The Morgan fingerprint density at radius 2 is 0.283 bits per heavy atom. The summed E-state index contributed by atoms with van der Waals surface area (Å²) in [5.74, 6) is 0. The first-order valence-corrected chi connectivity index (χ1v) is 31.5. The number of rotatable bonds is 15. The predicted octanol–water partition coefficient (Wildman–Crippen LogP) is 25.2. The van der Waals surface area contributed by atoms with E-state index in [4.69, 9.17) is 0 Å². The monoisotopic (exact) mass is 1170 g/mol. The first-order chi connectivity index (χ1) is 45.6. The number of nitrogens with zero attached hydrogens (tertiary/aromatic N) is 4. The Balaban J connectivity index is 0.671. The van der Waals surface area contributed by atoms with E-state index < -0.39 is 0 Å². The van der Waals surface area contributed by atoms with Crippen molar-refractivity contribution in [1.82, 2.24) is 0 Å². The average Bonchev–Trinajstić information content (AvgIpc) is 0.804. The van der Waals surface area contributed by atoms with Crippen LogP contribution in [0.3, 0.4) is 0 Å². The Hall–Kier alpha value is -12.2. The lowest BCUT2D eigenvalue weighted by atomic mass is 9.99. The van der Waals surface area contributed by atoms with Gasteiger partial charge in [0.05, 0.1) is 0 Å². The number of benzene rings is 16. The Morgan fingerprint density at radius 1 is 0.120 bits per heavy atom. The summed E-state index contributed by atoms with van der Waals surface area (Å²) in [4.78, 5) is 9.40. The minimum absolute atomic E-state index is 1.08. The van der Waals surface area contributed by atoms with Crippen molar-refractivity contribution >= 4 is 111 Å². The summed E-state index contributed by atoms with van der Waals surface area (Å²) in [5, 5.41) is 9.60. The summed E-state index contributed by atoms with van der Waals surface area (Å²) in [5.41, 5.74) is 20.3. The number of hydrogen-bond acceptors (Lipinski definition) is 4. The van der Waals surface area contributed by atoms with Crippen molar-refractivity contribution < 1.29 is 0 Å². The SMILES string of the molecule is c1ccc(-c2ccc(N(c3ccccc3)c3ccc4c(ccc5cc(N(c6ccccc6)c6ccc(-c7ccc(N(c8ccccc8)c8ccc9c(ccc%10cc(N(c%11ccccc%11)c%11ccc(-c%12ccccc%12)cc%11)ccc%109)c8)cc7)cc6)ccc54)c3)cc2)cc1. The summed E-state index contributed by atoms with van der Waals surface area (Å²) in [6.07, 6.45) is 0. The van der Waals surface area contributed by atoms with Gasteiger partial charge in [-0.05, 0) is 222 Å². The van der Waals surface area contributed by atoms with E-state index in [9.17, 15) is 0 Å². The largest absolute Gasteiger partial charge is 0.310 e. The zero-order valence-corrected chi connectivity index (χ0v) is 50.6. The van der Waals surface area contributed by atoms with Gasteiger partial charge < -0.3 is 19.6 Å². The van der Waals surface area contributed by atoms with Gasteiger partial charge in [-0.2, -0.15) is 0 Å². The molecule has 4 nitrogen and oxygen atoms in total. The highest BCUT2D eigenvalue weighted by atomic mass is 15.2. The van der Waals surface area contributed by atoms with Crippen LogP contribution in [0, 0.1) is 0 Å². The molecule has 0 aliphatic rings. The summed E-state index contributed by atoms with van der Waals surface area (Å²) >= 11 is 0. The van der Waals surface area contributed by atoms with Crippen LogP contribution in [0.25, 0.3) is 76.5 Å². The molecule has 0 aliphatic heterocycles.